The van der Waals surface area contributed by atoms with E-state index in [9.17, 15) is 18.0 Å². The third kappa shape index (κ3) is 7.68. The zero-order valence-electron chi connectivity index (χ0n) is 22.6. The summed E-state index contributed by atoms with van der Waals surface area (Å²) < 4.78 is 33.8. The summed E-state index contributed by atoms with van der Waals surface area (Å²) in [4.78, 5) is 28.3. The van der Waals surface area contributed by atoms with E-state index >= 15 is 0 Å². The molecule has 1 atom stereocenters. The molecule has 0 spiro atoms. The third-order valence-electron chi connectivity index (χ3n) is 6.36. The number of unbranched alkanes of at least 4 members (excludes halogenated alkanes) is 1. The van der Waals surface area contributed by atoms with E-state index in [2.05, 4.69) is 5.32 Å². The van der Waals surface area contributed by atoms with Gasteiger partial charge in [0.15, 0.2) is 0 Å². The molecule has 3 aromatic carbocycles. The van der Waals surface area contributed by atoms with Gasteiger partial charge in [-0.05, 0) is 61.9 Å². The van der Waals surface area contributed by atoms with Crippen molar-refractivity contribution in [2.75, 3.05) is 24.5 Å². The molecule has 1 N–H and O–H groups in total. The highest BCUT2D eigenvalue weighted by molar-refractivity contribution is 7.92. The maximum atomic E-state index is 14.0. The Morgan fingerprint density at radius 2 is 1.57 bits per heavy atom. The van der Waals surface area contributed by atoms with Crippen molar-refractivity contribution in [2.24, 2.45) is 0 Å². The van der Waals surface area contributed by atoms with Crippen LogP contribution in [0.15, 0.2) is 77.7 Å². The maximum Gasteiger partial charge on any atom is 0.264 e. The Morgan fingerprint density at radius 3 is 2.15 bits per heavy atom. The number of anilines is 1. The number of sulfonamides is 1. The quantitative estimate of drug-likeness (QED) is 0.258. The smallest absolute Gasteiger partial charge is 0.264 e. The van der Waals surface area contributed by atoms with E-state index in [1.807, 2.05) is 6.92 Å². The predicted octanol–water partition coefficient (Wildman–Crippen LogP) is 5.53. The Labute approximate surface area is 245 Å². The number of ether oxygens (including phenoxy) is 1. The van der Waals surface area contributed by atoms with Crippen LogP contribution in [0.4, 0.5) is 5.69 Å². The van der Waals surface area contributed by atoms with Crippen LogP contribution in [-0.4, -0.2) is 51.4 Å². The first-order chi connectivity index (χ1) is 19.1. The van der Waals surface area contributed by atoms with Crippen molar-refractivity contribution in [1.82, 2.24) is 10.2 Å². The summed E-state index contributed by atoms with van der Waals surface area (Å²) in [6, 6.07) is 18.2. The van der Waals surface area contributed by atoms with Crippen LogP contribution in [0.2, 0.25) is 10.0 Å². The minimum Gasteiger partial charge on any atom is -0.497 e. The highest BCUT2D eigenvalue weighted by Crippen LogP contribution is 2.29. The molecule has 0 aliphatic heterocycles. The second-order valence-corrected chi connectivity index (χ2v) is 11.7. The number of amides is 2. The first kappa shape index (κ1) is 31.3. The first-order valence-corrected chi connectivity index (χ1v) is 15.0. The lowest BCUT2D eigenvalue weighted by atomic mass is 10.1. The van der Waals surface area contributed by atoms with Crippen LogP contribution < -0.4 is 14.4 Å². The van der Waals surface area contributed by atoms with Gasteiger partial charge in [0.25, 0.3) is 10.0 Å². The molecule has 11 heteroatoms. The van der Waals surface area contributed by atoms with Crippen LogP contribution >= 0.6 is 23.2 Å². The molecule has 0 saturated carbocycles. The molecule has 0 radical (unpaired) electrons. The van der Waals surface area contributed by atoms with Crippen molar-refractivity contribution >= 4 is 50.7 Å². The zero-order valence-corrected chi connectivity index (χ0v) is 25.0. The van der Waals surface area contributed by atoms with Crippen LogP contribution in [-0.2, 0) is 26.2 Å². The molecule has 214 valence electrons. The molecule has 0 fully saturated rings. The molecule has 0 aliphatic carbocycles. The number of hydrogen-bond acceptors (Lipinski definition) is 5. The van der Waals surface area contributed by atoms with Crippen molar-refractivity contribution in [2.45, 2.75) is 44.2 Å². The lowest BCUT2D eigenvalue weighted by molar-refractivity contribution is -0.139. The monoisotopic (exact) mass is 605 g/mol. The van der Waals surface area contributed by atoms with Gasteiger partial charge >= 0.3 is 0 Å². The zero-order chi connectivity index (χ0) is 29.3. The van der Waals surface area contributed by atoms with Crippen molar-refractivity contribution in [3.8, 4) is 5.75 Å². The number of rotatable bonds is 13. The summed E-state index contributed by atoms with van der Waals surface area (Å²) in [5.41, 5.74) is 0.711. The minimum absolute atomic E-state index is 0.0182. The molecular weight excluding hydrogens is 573 g/mol. The van der Waals surface area contributed by atoms with Gasteiger partial charge in [-0.3, -0.25) is 13.9 Å². The number of carbonyl (C=O) groups is 2. The molecule has 3 aromatic rings. The molecule has 40 heavy (non-hydrogen) atoms. The second kappa shape index (κ2) is 14.4. The van der Waals surface area contributed by atoms with Crippen LogP contribution in [0.5, 0.6) is 5.75 Å². The average Bonchev–Trinajstić information content (AvgIpc) is 2.96. The Morgan fingerprint density at radius 1 is 0.950 bits per heavy atom. The molecule has 0 aliphatic rings. The third-order valence-corrected chi connectivity index (χ3v) is 8.85. The maximum absolute atomic E-state index is 14.0. The van der Waals surface area contributed by atoms with E-state index in [-0.39, 0.29) is 23.0 Å². The number of nitrogens with zero attached hydrogens (tertiary/aromatic N) is 2. The van der Waals surface area contributed by atoms with Gasteiger partial charge in [0.1, 0.15) is 18.3 Å². The van der Waals surface area contributed by atoms with Crippen molar-refractivity contribution in [1.29, 1.82) is 0 Å². The van der Waals surface area contributed by atoms with E-state index in [4.69, 9.17) is 27.9 Å². The highest BCUT2D eigenvalue weighted by Gasteiger charge is 2.33. The summed E-state index contributed by atoms with van der Waals surface area (Å²) in [6.45, 7) is 3.38. The molecule has 0 aromatic heterocycles. The number of benzene rings is 3. The van der Waals surface area contributed by atoms with E-state index in [0.717, 1.165) is 17.1 Å². The summed E-state index contributed by atoms with van der Waals surface area (Å²) in [6.07, 6.45) is 1.67. The highest BCUT2D eigenvalue weighted by atomic mass is 35.5. The molecule has 0 bridgehead atoms. The van der Waals surface area contributed by atoms with Gasteiger partial charge in [-0.2, -0.15) is 0 Å². The van der Waals surface area contributed by atoms with Crippen LogP contribution in [0.1, 0.15) is 32.3 Å². The van der Waals surface area contributed by atoms with Gasteiger partial charge in [-0.1, -0.05) is 60.8 Å². The van der Waals surface area contributed by atoms with Gasteiger partial charge in [0, 0.05) is 28.7 Å². The molecule has 8 nitrogen and oxygen atoms in total. The topological polar surface area (TPSA) is 96.0 Å². The summed E-state index contributed by atoms with van der Waals surface area (Å²) in [5.74, 6) is -0.448. The number of nitrogens with one attached hydrogen (secondary N) is 1. The first-order valence-electron chi connectivity index (χ1n) is 12.8. The Balaban J connectivity index is 2.03. The normalized spacial score (nSPS) is 11.9. The molecule has 0 saturated heterocycles. The SMILES string of the molecule is CCCCNC(=O)[C@H](C)N(Cc1c(Cl)cccc1Cl)C(=O)CN(c1ccc(OC)cc1)S(=O)(=O)c1ccccc1. The number of carbonyl (C=O) groups excluding carboxylic acids is 2. The predicted molar refractivity (Wildman–Crippen MR) is 158 cm³/mol. The van der Waals surface area contributed by atoms with Crippen LogP contribution in [0, 0.1) is 0 Å². The van der Waals surface area contributed by atoms with Crippen molar-refractivity contribution in [3.05, 3.63) is 88.4 Å². The number of hydrogen-bond donors (Lipinski definition) is 1. The van der Waals surface area contributed by atoms with E-state index in [1.165, 1.54) is 24.1 Å². The van der Waals surface area contributed by atoms with Crippen molar-refractivity contribution < 1.29 is 22.7 Å². The lowest BCUT2D eigenvalue weighted by Crippen LogP contribution is -2.51. The van der Waals surface area contributed by atoms with Crippen LogP contribution in [0.25, 0.3) is 0 Å². The molecule has 3 rings (SSSR count). The Kier molecular flexibility index (Phi) is 11.2. The fraction of sp³-hybridized carbons (Fsp3) is 0.310. The fourth-order valence-electron chi connectivity index (χ4n) is 3.97. The molecular formula is C29H33Cl2N3O5S. The van der Waals surface area contributed by atoms with E-state index in [1.54, 1.807) is 67.6 Å². The van der Waals surface area contributed by atoms with Crippen LogP contribution in [0.3, 0.4) is 0 Å². The summed E-state index contributed by atoms with van der Waals surface area (Å²) in [5, 5.41) is 3.50. The number of halogens is 2. The summed E-state index contributed by atoms with van der Waals surface area (Å²) in [7, 11) is -2.66. The Hall–Kier alpha value is -3.27. The Bertz CT molecular complexity index is 1380. The molecule has 0 heterocycles. The average molecular weight is 607 g/mol. The lowest BCUT2D eigenvalue weighted by Gasteiger charge is -2.32. The van der Waals surface area contributed by atoms with Gasteiger partial charge in [-0.15, -0.1) is 0 Å². The van der Waals surface area contributed by atoms with Gasteiger partial charge in [0.2, 0.25) is 11.8 Å². The number of methoxy groups -OCH3 is 1. The summed E-state index contributed by atoms with van der Waals surface area (Å²) >= 11 is 12.8. The minimum atomic E-state index is -4.16. The standard InChI is InChI=1S/C29H33Cl2N3O5S/c1-4-5-18-32-29(36)21(2)33(19-25-26(30)12-9-13-27(25)31)28(35)20-34(22-14-16-23(39-3)17-15-22)40(37,38)24-10-7-6-8-11-24/h6-17,21H,4-5,18-20H2,1-3H3,(H,32,36)/t21-/m0/s1. The van der Waals surface area contributed by atoms with Gasteiger partial charge in [-0.25, -0.2) is 8.42 Å². The second-order valence-electron chi connectivity index (χ2n) is 9.07. The molecule has 0 unspecified atom stereocenters. The molecule has 2 amide bonds. The fourth-order valence-corrected chi connectivity index (χ4v) is 5.92. The van der Waals surface area contributed by atoms with Gasteiger partial charge < -0.3 is 15.0 Å². The van der Waals surface area contributed by atoms with Crippen molar-refractivity contribution in [3.63, 3.8) is 0 Å². The van der Waals surface area contributed by atoms with E-state index in [0.29, 0.717) is 27.9 Å². The van der Waals surface area contributed by atoms with Gasteiger partial charge in [0.05, 0.1) is 17.7 Å². The van der Waals surface area contributed by atoms with E-state index < -0.39 is 28.5 Å². The largest absolute Gasteiger partial charge is 0.497 e.